The lowest BCUT2D eigenvalue weighted by molar-refractivity contribution is 0.0927. The monoisotopic (exact) mass is 710 g/mol. The highest BCUT2D eigenvalue weighted by Crippen LogP contribution is 2.40. The van der Waals surface area contributed by atoms with Crippen molar-refractivity contribution in [2.45, 2.75) is 0 Å². The van der Waals surface area contributed by atoms with Gasteiger partial charge in [0.05, 0.1) is 33.5 Å². The van der Waals surface area contributed by atoms with Gasteiger partial charge in [0.25, 0.3) is 11.8 Å². The van der Waals surface area contributed by atoms with Gasteiger partial charge < -0.3 is 42.1 Å². The molecule has 2 amide bonds. The Morgan fingerprint density at radius 2 is 0.963 bits per heavy atom. The molecule has 0 saturated carbocycles. The number of pyridine rings is 2. The predicted molar refractivity (Wildman–Crippen MR) is 215 cm³/mol. The maximum Gasteiger partial charge on any atom is 0.251 e. The van der Waals surface area contributed by atoms with E-state index in [0.717, 1.165) is 66.6 Å². The van der Waals surface area contributed by atoms with E-state index in [1.165, 1.54) is 0 Å². The van der Waals surface area contributed by atoms with Crippen molar-refractivity contribution < 1.29 is 9.59 Å². The van der Waals surface area contributed by atoms with Gasteiger partial charge in [-0.3, -0.25) is 9.59 Å². The van der Waals surface area contributed by atoms with Crippen molar-refractivity contribution in [3.05, 3.63) is 143 Å². The summed E-state index contributed by atoms with van der Waals surface area (Å²) in [4.78, 5) is 26.8. The number of carbonyl (C=O) groups is 2. The first-order valence-electron chi connectivity index (χ1n) is 17.6. The summed E-state index contributed by atoms with van der Waals surface area (Å²) >= 11 is 0. The van der Waals surface area contributed by atoms with E-state index in [0.29, 0.717) is 33.2 Å². The van der Waals surface area contributed by atoms with Gasteiger partial charge in [-0.2, -0.15) is 0 Å². The molecule has 2 heterocycles. The number of anilines is 2. The summed E-state index contributed by atoms with van der Waals surface area (Å²) in [6, 6.07) is 37.6. The van der Waals surface area contributed by atoms with Crippen LogP contribution in [0.25, 0.3) is 66.6 Å². The molecule has 4 aromatic carbocycles. The molecule has 0 radical (unpaired) electrons. The van der Waals surface area contributed by atoms with Crippen molar-refractivity contribution in [1.29, 1.82) is 10.8 Å². The lowest BCUT2D eigenvalue weighted by Crippen LogP contribution is -2.34. The van der Waals surface area contributed by atoms with Crippen LogP contribution in [0.2, 0.25) is 0 Å². The molecule has 2 aliphatic carbocycles. The third kappa shape index (κ3) is 5.99. The third-order valence-electron chi connectivity index (χ3n) is 10.1. The highest BCUT2D eigenvalue weighted by atomic mass is 16.2. The molecule has 2 aliphatic heterocycles. The van der Waals surface area contributed by atoms with Crippen LogP contribution in [0.15, 0.2) is 121 Å². The Kier molecular flexibility index (Phi) is 8.42. The molecule has 0 aromatic heterocycles. The van der Waals surface area contributed by atoms with Crippen LogP contribution in [0, 0.1) is 10.8 Å². The molecule has 8 rings (SSSR count). The summed E-state index contributed by atoms with van der Waals surface area (Å²) < 4.78 is 4.09. The first kappa shape index (κ1) is 33.9. The Morgan fingerprint density at radius 3 is 1.39 bits per heavy atom. The smallest absolute Gasteiger partial charge is 0.251 e. The normalized spacial score (nSPS) is 11.4. The van der Waals surface area contributed by atoms with Gasteiger partial charge in [0.1, 0.15) is 0 Å². The van der Waals surface area contributed by atoms with Gasteiger partial charge in [0.2, 0.25) is 0 Å². The topological polar surface area (TPSA) is 168 Å². The number of nitrogens with one attached hydrogen (secondary N) is 4. The second-order valence-corrected chi connectivity index (χ2v) is 13.6. The number of rotatable bonds is 7. The van der Waals surface area contributed by atoms with Crippen LogP contribution < -0.4 is 32.8 Å². The molecule has 0 spiro atoms. The summed E-state index contributed by atoms with van der Waals surface area (Å²) in [7, 11) is 3.91. The zero-order valence-electron chi connectivity index (χ0n) is 29.8. The second kappa shape index (κ2) is 13.4. The minimum Gasteiger partial charge on any atom is -0.399 e. The van der Waals surface area contributed by atoms with Gasteiger partial charge in [-0.25, -0.2) is 0 Å². The minimum atomic E-state index is -0.264. The highest BCUT2D eigenvalue weighted by Gasteiger charge is 2.20. The number of carbonyl (C=O) groups excluding carboxylic acids is 2. The molecular formula is C44H38N8O2. The molecule has 266 valence electrons. The molecule has 0 unspecified atom stereocenters. The van der Waals surface area contributed by atoms with Gasteiger partial charge in [-0.1, -0.05) is 48.5 Å². The number of benzene rings is 6. The summed E-state index contributed by atoms with van der Waals surface area (Å²) in [5.74, 6) is -0.529. The van der Waals surface area contributed by atoms with Crippen molar-refractivity contribution in [2.24, 2.45) is 14.1 Å². The van der Waals surface area contributed by atoms with Crippen LogP contribution in [0.5, 0.6) is 0 Å². The second-order valence-electron chi connectivity index (χ2n) is 13.6. The molecule has 54 heavy (non-hydrogen) atoms. The Balaban J connectivity index is 1.00. The SMILES string of the molecule is Cn1c2cc(=N)ccc-2c2ccc(N)cc2c1-c1cccc(C(=O)NCCNC(=O)c2cccc(-c3c4cc(N)ccc4c4ccc(=N)cc-4n3C)c2)c1. The first-order valence-corrected chi connectivity index (χ1v) is 17.6. The van der Waals surface area contributed by atoms with Crippen LogP contribution in [-0.4, -0.2) is 34.0 Å². The van der Waals surface area contributed by atoms with E-state index < -0.39 is 0 Å². The van der Waals surface area contributed by atoms with Crippen molar-refractivity contribution in [3.8, 4) is 45.0 Å². The van der Waals surface area contributed by atoms with Gasteiger partial charge >= 0.3 is 0 Å². The van der Waals surface area contributed by atoms with Crippen LogP contribution in [0.3, 0.4) is 0 Å². The number of aromatic nitrogens is 2. The molecule has 10 nitrogen and oxygen atoms in total. The Bertz CT molecular complexity index is 2670. The van der Waals surface area contributed by atoms with Crippen LogP contribution in [0.4, 0.5) is 11.4 Å². The molecule has 10 heteroatoms. The van der Waals surface area contributed by atoms with E-state index in [9.17, 15) is 9.59 Å². The zero-order valence-corrected chi connectivity index (χ0v) is 29.8. The van der Waals surface area contributed by atoms with Crippen LogP contribution in [0.1, 0.15) is 20.7 Å². The third-order valence-corrected chi connectivity index (χ3v) is 10.1. The summed E-state index contributed by atoms with van der Waals surface area (Å²) in [5, 5.41) is 27.1. The van der Waals surface area contributed by atoms with E-state index in [2.05, 4.69) is 10.6 Å². The van der Waals surface area contributed by atoms with Gasteiger partial charge in [-0.15, -0.1) is 0 Å². The molecule has 4 aliphatic rings. The Hall–Kier alpha value is -7.20. The summed E-state index contributed by atoms with van der Waals surface area (Å²) in [6.07, 6.45) is 0. The maximum absolute atomic E-state index is 13.4. The number of hydrogen-bond donors (Lipinski definition) is 6. The van der Waals surface area contributed by atoms with Crippen molar-refractivity contribution >= 4 is 44.7 Å². The van der Waals surface area contributed by atoms with Gasteiger partial charge in [-0.05, 0) is 94.7 Å². The van der Waals surface area contributed by atoms with E-state index in [1.807, 2.05) is 120 Å². The van der Waals surface area contributed by atoms with E-state index >= 15 is 0 Å². The molecular weight excluding hydrogens is 673 g/mol. The number of nitrogens with zero attached hydrogens (tertiary/aromatic N) is 2. The van der Waals surface area contributed by atoms with Gasteiger partial charge in [0.15, 0.2) is 0 Å². The molecule has 0 bridgehead atoms. The van der Waals surface area contributed by atoms with E-state index in [-0.39, 0.29) is 24.9 Å². The lowest BCUT2D eigenvalue weighted by Gasteiger charge is -2.22. The fraction of sp³-hybridized carbons (Fsp3) is 0.0909. The zero-order chi connectivity index (χ0) is 37.7. The quantitative estimate of drug-likeness (QED) is 0.0632. The Morgan fingerprint density at radius 1 is 0.537 bits per heavy atom. The van der Waals surface area contributed by atoms with Gasteiger partial charge in [0, 0.05) is 71.6 Å². The fourth-order valence-electron chi connectivity index (χ4n) is 7.53. The number of fused-ring (bicyclic) bond motifs is 6. The highest BCUT2D eigenvalue weighted by molar-refractivity contribution is 6.08. The van der Waals surface area contributed by atoms with Crippen molar-refractivity contribution in [2.75, 3.05) is 24.6 Å². The standard InChI is InChI=1S/C44H38N8O2/c1-51-39-23-31(47)11-15-35(39)33-13-9-29(45)21-37(33)41(51)25-5-3-7-27(19-25)43(53)49-17-18-50-44(54)28-8-4-6-26(20-28)42-38-22-30(46)10-14-34(38)36-16-12-32(48)24-40(36)52(42)2/h3-16,19-24,47-48H,17-18,45-46H2,1-2H3,(H,49,53)(H,50,54). The Labute approximate surface area is 311 Å². The largest absolute Gasteiger partial charge is 0.399 e. The molecule has 0 fully saturated rings. The average molecular weight is 711 g/mol. The van der Waals surface area contributed by atoms with Crippen molar-refractivity contribution in [3.63, 3.8) is 0 Å². The first-order chi connectivity index (χ1) is 26.1. The molecule has 0 saturated heterocycles. The predicted octanol–water partition coefficient (Wildman–Crippen LogP) is 6.50. The average Bonchev–Trinajstić information content (AvgIpc) is 3.17. The molecule has 0 atom stereocenters. The van der Waals surface area contributed by atoms with E-state index in [4.69, 9.17) is 22.3 Å². The lowest BCUT2D eigenvalue weighted by atomic mass is 9.94. The molecule has 4 aromatic rings. The number of nitrogens with two attached hydrogens (primary N) is 2. The fourth-order valence-corrected chi connectivity index (χ4v) is 7.53. The van der Waals surface area contributed by atoms with Crippen LogP contribution >= 0.6 is 0 Å². The number of hydrogen-bond acceptors (Lipinski definition) is 6. The number of nitrogen functional groups attached to an aromatic ring is 2. The summed E-state index contributed by atoms with van der Waals surface area (Å²) in [5.41, 5.74) is 22.0. The van der Waals surface area contributed by atoms with Crippen LogP contribution in [-0.2, 0) is 14.1 Å². The van der Waals surface area contributed by atoms with Crippen molar-refractivity contribution in [1.82, 2.24) is 19.8 Å². The van der Waals surface area contributed by atoms with E-state index in [1.54, 1.807) is 24.3 Å². The maximum atomic E-state index is 13.4. The number of amides is 2. The molecule has 8 N–H and O–H groups in total. The minimum absolute atomic E-state index is 0.225. The summed E-state index contributed by atoms with van der Waals surface area (Å²) in [6.45, 7) is 0.450.